The van der Waals surface area contributed by atoms with Crippen LogP contribution in [0.3, 0.4) is 0 Å². The molecule has 0 aliphatic heterocycles. The lowest BCUT2D eigenvalue weighted by atomic mass is 10.2. The molecule has 0 spiro atoms. The molecular weight excluding hydrogens is 294 g/mol. The van der Waals surface area contributed by atoms with E-state index in [1.165, 1.54) is 7.11 Å². The predicted molar refractivity (Wildman–Crippen MR) is 87.7 cm³/mol. The van der Waals surface area contributed by atoms with Gasteiger partial charge in [-0.25, -0.2) is 4.79 Å². The number of esters is 1. The van der Waals surface area contributed by atoms with E-state index in [4.69, 9.17) is 4.74 Å². The van der Waals surface area contributed by atoms with Crippen molar-refractivity contribution in [3.63, 3.8) is 0 Å². The van der Waals surface area contributed by atoms with Crippen molar-refractivity contribution in [1.29, 1.82) is 0 Å². The van der Waals surface area contributed by atoms with Crippen LogP contribution in [0.25, 0.3) is 0 Å². The average molecular weight is 313 g/mol. The van der Waals surface area contributed by atoms with Gasteiger partial charge in [0.05, 0.1) is 12.7 Å². The highest BCUT2D eigenvalue weighted by Gasteiger charge is 2.15. The van der Waals surface area contributed by atoms with Gasteiger partial charge in [0.25, 0.3) is 5.91 Å². The lowest BCUT2D eigenvalue weighted by Gasteiger charge is -2.15. The summed E-state index contributed by atoms with van der Waals surface area (Å²) in [6.45, 7) is 3.65. The maximum absolute atomic E-state index is 12.1. The number of carbonyl (C=O) groups excluding carboxylic acids is 2. The van der Waals surface area contributed by atoms with Gasteiger partial charge >= 0.3 is 5.97 Å². The highest BCUT2D eigenvalue weighted by molar-refractivity contribution is 5.94. The molecule has 5 nitrogen and oxygen atoms in total. The molecule has 0 aliphatic carbocycles. The van der Waals surface area contributed by atoms with Crippen molar-refractivity contribution in [1.82, 2.24) is 0 Å². The summed E-state index contributed by atoms with van der Waals surface area (Å²) in [7, 11) is 1.32. The van der Waals surface area contributed by atoms with E-state index in [9.17, 15) is 9.59 Å². The second-order valence-corrected chi connectivity index (χ2v) is 5.13. The van der Waals surface area contributed by atoms with Crippen molar-refractivity contribution in [3.8, 4) is 5.75 Å². The van der Waals surface area contributed by atoms with E-state index in [1.54, 1.807) is 31.2 Å². The van der Waals surface area contributed by atoms with Crippen LogP contribution in [-0.2, 0) is 9.53 Å². The van der Waals surface area contributed by atoms with E-state index < -0.39 is 12.1 Å². The fraction of sp³-hybridized carbons (Fsp3) is 0.222. The SMILES string of the molecule is COC(=O)c1ccc(O[C@H](C)C(=O)Nc2ccc(C)cc2)cc1. The number of hydrogen-bond donors (Lipinski definition) is 1. The molecule has 0 radical (unpaired) electrons. The lowest BCUT2D eigenvalue weighted by Crippen LogP contribution is -2.30. The molecular formula is C18H19NO4. The van der Waals surface area contributed by atoms with Crippen molar-refractivity contribution in [2.45, 2.75) is 20.0 Å². The Morgan fingerprint density at radius 2 is 1.61 bits per heavy atom. The quantitative estimate of drug-likeness (QED) is 0.861. The molecule has 1 N–H and O–H groups in total. The number of aryl methyl sites for hydroxylation is 1. The van der Waals surface area contributed by atoms with Crippen molar-refractivity contribution >= 4 is 17.6 Å². The first kappa shape index (κ1) is 16.5. The zero-order chi connectivity index (χ0) is 16.8. The second kappa shape index (κ2) is 7.45. The fourth-order valence-electron chi connectivity index (χ4n) is 1.93. The molecule has 0 unspecified atom stereocenters. The smallest absolute Gasteiger partial charge is 0.337 e. The molecule has 120 valence electrons. The Bertz CT molecular complexity index is 677. The summed E-state index contributed by atoms with van der Waals surface area (Å²) in [4.78, 5) is 23.5. The summed E-state index contributed by atoms with van der Waals surface area (Å²) in [5.74, 6) is -0.156. The molecule has 0 bridgehead atoms. The Labute approximate surface area is 135 Å². The number of anilines is 1. The summed E-state index contributed by atoms with van der Waals surface area (Å²) in [5.41, 5.74) is 2.27. The Hall–Kier alpha value is -2.82. The zero-order valence-electron chi connectivity index (χ0n) is 13.3. The Balaban J connectivity index is 1.95. The molecule has 1 atom stereocenters. The van der Waals surface area contributed by atoms with Gasteiger partial charge < -0.3 is 14.8 Å². The van der Waals surface area contributed by atoms with Crippen molar-refractivity contribution in [2.75, 3.05) is 12.4 Å². The number of benzene rings is 2. The molecule has 0 saturated heterocycles. The van der Waals surface area contributed by atoms with Crippen LogP contribution in [0.1, 0.15) is 22.8 Å². The Morgan fingerprint density at radius 1 is 1.00 bits per heavy atom. The van der Waals surface area contributed by atoms with Crippen LogP contribution in [-0.4, -0.2) is 25.1 Å². The van der Waals surface area contributed by atoms with Crippen LogP contribution in [0.2, 0.25) is 0 Å². The number of methoxy groups -OCH3 is 1. The molecule has 0 heterocycles. The Kier molecular flexibility index (Phi) is 5.36. The van der Waals surface area contributed by atoms with Gasteiger partial charge in [-0.1, -0.05) is 17.7 Å². The summed E-state index contributed by atoms with van der Waals surface area (Å²) >= 11 is 0. The monoisotopic (exact) mass is 313 g/mol. The van der Waals surface area contributed by atoms with Crippen LogP contribution in [0, 0.1) is 6.92 Å². The third kappa shape index (κ3) is 4.57. The minimum Gasteiger partial charge on any atom is -0.481 e. The number of nitrogens with one attached hydrogen (secondary N) is 1. The molecule has 0 saturated carbocycles. The van der Waals surface area contributed by atoms with E-state index in [1.807, 2.05) is 31.2 Å². The van der Waals surface area contributed by atoms with Gasteiger partial charge in [0, 0.05) is 5.69 Å². The molecule has 0 aromatic heterocycles. The van der Waals surface area contributed by atoms with Crippen molar-refractivity contribution < 1.29 is 19.1 Å². The van der Waals surface area contributed by atoms with E-state index >= 15 is 0 Å². The highest BCUT2D eigenvalue weighted by atomic mass is 16.5. The molecule has 2 aromatic carbocycles. The maximum Gasteiger partial charge on any atom is 0.337 e. The van der Waals surface area contributed by atoms with Gasteiger partial charge in [0.2, 0.25) is 0 Å². The number of carbonyl (C=O) groups is 2. The van der Waals surface area contributed by atoms with Gasteiger partial charge in [-0.15, -0.1) is 0 Å². The minimum atomic E-state index is -0.666. The standard InChI is InChI=1S/C18H19NO4/c1-12-4-8-15(9-5-12)19-17(20)13(2)23-16-10-6-14(7-11-16)18(21)22-3/h4-11,13H,1-3H3,(H,19,20)/t13-/m1/s1. The average Bonchev–Trinajstić information content (AvgIpc) is 2.56. The van der Waals surface area contributed by atoms with Gasteiger partial charge in [-0.3, -0.25) is 4.79 Å². The van der Waals surface area contributed by atoms with Crippen molar-refractivity contribution in [3.05, 3.63) is 59.7 Å². The number of rotatable bonds is 5. The Morgan fingerprint density at radius 3 is 2.17 bits per heavy atom. The van der Waals surface area contributed by atoms with E-state index in [0.29, 0.717) is 11.3 Å². The van der Waals surface area contributed by atoms with Gasteiger partial charge in [0.1, 0.15) is 5.75 Å². The minimum absolute atomic E-state index is 0.245. The van der Waals surface area contributed by atoms with Crippen LogP contribution in [0.15, 0.2) is 48.5 Å². The number of ether oxygens (including phenoxy) is 2. The topological polar surface area (TPSA) is 64.6 Å². The molecule has 2 rings (SSSR count). The second-order valence-electron chi connectivity index (χ2n) is 5.13. The van der Waals surface area contributed by atoms with Crippen LogP contribution < -0.4 is 10.1 Å². The largest absolute Gasteiger partial charge is 0.481 e. The molecule has 23 heavy (non-hydrogen) atoms. The first-order valence-electron chi connectivity index (χ1n) is 7.22. The van der Waals surface area contributed by atoms with Crippen LogP contribution in [0.4, 0.5) is 5.69 Å². The fourth-order valence-corrected chi connectivity index (χ4v) is 1.93. The number of amides is 1. The third-order valence-corrected chi connectivity index (χ3v) is 3.28. The summed E-state index contributed by atoms with van der Waals surface area (Å²) < 4.78 is 10.2. The first-order chi connectivity index (χ1) is 11.0. The molecule has 5 heteroatoms. The molecule has 2 aromatic rings. The summed E-state index contributed by atoms with van der Waals surface area (Å²) in [6, 6.07) is 14.0. The zero-order valence-corrected chi connectivity index (χ0v) is 13.3. The lowest BCUT2D eigenvalue weighted by molar-refractivity contribution is -0.122. The molecule has 1 amide bonds. The number of hydrogen-bond acceptors (Lipinski definition) is 4. The van der Waals surface area contributed by atoms with Crippen LogP contribution in [0.5, 0.6) is 5.75 Å². The highest BCUT2D eigenvalue weighted by Crippen LogP contribution is 2.16. The molecule has 0 aliphatic rings. The first-order valence-corrected chi connectivity index (χ1v) is 7.22. The van der Waals surface area contributed by atoms with Gasteiger partial charge in [-0.05, 0) is 50.2 Å². The maximum atomic E-state index is 12.1. The van der Waals surface area contributed by atoms with E-state index in [-0.39, 0.29) is 5.91 Å². The molecule has 0 fully saturated rings. The van der Waals surface area contributed by atoms with Gasteiger partial charge in [0.15, 0.2) is 6.10 Å². The predicted octanol–water partition coefficient (Wildman–Crippen LogP) is 3.19. The normalized spacial score (nSPS) is 11.4. The van der Waals surface area contributed by atoms with Crippen molar-refractivity contribution in [2.24, 2.45) is 0 Å². The summed E-state index contributed by atoms with van der Waals surface area (Å²) in [6.07, 6.45) is -0.666. The van der Waals surface area contributed by atoms with Crippen LogP contribution >= 0.6 is 0 Å². The third-order valence-electron chi connectivity index (χ3n) is 3.28. The van der Waals surface area contributed by atoms with E-state index in [0.717, 1.165) is 11.3 Å². The van der Waals surface area contributed by atoms with Gasteiger partial charge in [-0.2, -0.15) is 0 Å². The summed E-state index contributed by atoms with van der Waals surface area (Å²) in [5, 5.41) is 2.79. The van der Waals surface area contributed by atoms with E-state index in [2.05, 4.69) is 10.1 Å².